The number of rotatable bonds is 7. The lowest BCUT2D eigenvalue weighted by Crippen LogP contribution is -2.41. The van der Waals surface area contributed by atoms with Gasteiger partial charge in [-0.2, -0.15) is 0 Å². The van der Waals surface area contributed by atoms with E-state index in [1.54, 1.807) is 0 Å². The third-order valence-electron chi connectivity index (χ3n) is 6.15. The average molecular weight is 518 g/mol. The molecule has 1 heterocycles. The summed E-state index contributed by atoms with van der Waals surface area (Å²) in [5, 5.41) is 6.96. The molecule has 0 atom stereocenters. The quantitative estimate of drug-likeness (QED) is 0.333. The third-order valence-corrected chi connectivity index (χ3v) is 6.15. The van der Waals surface area contributed by atoms with Crippen LogP contribution in [0.1, 0.15) is 42.4 Å². The van der Waals surface area contributed by atoms with E-state index in [2.05, 4.69) is 64.2 Å². The summed E-state index contributed by atoms with van der Waals surface area (Å²) in [5.74, 6) is 1.08. The Balaban J connectivity index is 0.00000256. The van der Waals surface area contributed by atoms with Gasteiger partial charge in [0.05, 0.1) is 0 Å². The molecule has 2 aromatic rings. The molecule has 1 amide bonds. The van der Waals surface area contributed by atoms with Crippen molar-refractivity contribution in [3.8, 4) is 0 Å². The van der Waals surface area contributed by atoms with E-state index in [4.69, 9.17) is 0 Å². The van der Waals surface area contributed by atoms with Gasteiger partial charge in [0.25, 0.3) is 0 Å². The lowest BCUT2D eigenvalue weighted by atomic mass is 9.96. The summed E-state index contributed by atoms with van der Waals surface area (Å²) in [5.41, 5.74) is 4.06. The molecule has 2 fully saturated rings. The lowest BCUT2D eigenvalue weighted by Gasteiger charge is -2.21. The molecule has 2 aliphatic rings. The van der Waals surface area contributed by atoms with Gasteiger partial charge in [-0.05, 0) is 36.0 Å². The van der Waals surface area contributed by atoms with Crippen LogP contribution in [0.15, 0.2) is 59.6 Å². The predicted molar refractivity (Wildman–Crippen MR) is 132 cm³/mol. The Morgan fingerprint density at radius 3 is 2.37 bits per heavy atom. The van der Waals surface area contributed by atoms with Crippen molar-refractivity contribution in [2.75, 3.05) is 20.1 Å². The van der Waals surface area contributed by atoms with E-state index in [1.165, 1.54) is 29.5 Å². The molecule has 1 saturated carbocycles. The van der Waals surface area contributed by atoms with Crippen molar-refractivity contribution in [3.63, 3.8) is 0 Å². The Kier molecular flexibility index (Phi) is 7.75. The van der Waals surface area contributed by atoms with E-state index in [0.29, 0.717) is 19.5 Å². The number of carbonyl (C=O) groups is 1. The first kappa shape index (κ1) is 22.6. The highest BCUT2D eigenvalue weighted by atomic mass is 127. The van der Waals surface area contributed by atoms with Crippen LogP contribution in [0.4, 0.5) is 0 Å². The van der Waals surface area contributed by atoms with E-state index in [-0.39, 0.29) is 35.3 Å². The second-order valence-electron chi connectivity index (χ2n) is 8.11. The van der Waals surface area contributed by atoms with Crippen LogP contribution >= 0.6 is 24.0 Å². The minimum absolute atomic E-state index is 0. The molecule has 0 spiro atoms. The molecule has 1 aliphatic carbocycles. The largest absolute Gasteiger partial charge is 0.356 e. The number of hydrogen-bond donors (Lipinski definition) is 2. The van der Waals surface area contributed by atoms with Gasteiger partial charge in [0, 0.05) is 45.1 Å². The molecule has 1 saturated heterocycles. The van der Waals surface area contributed by atoms with Gasteiger partial charge in [-0.15, -0.1) is 24.0 Å². The van der Waals surface area contributed by atoms with E-state index in [9.17, 15) is 4.79 Å². The number of benzene rings is 2. The normalized spacial score (nSPS) is 17.4. The first-order chi connectivity index (χ1) is 14.2. The van der Waals surface area contributed by atoms with Crippen molar-refractivity contribution in [1.29, 1.82) is 0 Å². The van der Waals surface area contributed by atoms with E-state index < -0.39 is 0 Å². The monoisotopic (exact) mass is 518 g/mol. The van der Waals surface area contributed by atoms with E-state index in [0.717, 1.165) is 25.5 Å². The fourth-order valence-corrected chi connectivity index (χ4v) is 4.12. The van der Waals surface area contributed by atoms with Gasteiger partial charge in [-0.25, -0.2) is 0 Å². The number of hydrogen-bond acceptors (Lipinski definition) is 2. The Bertz CT molecular complexity index is 880. The second kappa shape index (κ2) is 10.3. The van der Waals surface area contributed by atoms with Crippen molar-refractivity contribution in [1.82, 2.24) is 15.5 Å². The summed E-state index contributed by atoms with van der Waals surface area (Å²) in [6.45, 7) is 3.14. The van der Waals surface area contributed by atoms with Gasteiger partial charge >= 0.3 is 0 Å². The first-order valence-corrected chi connectivity index (χ1v) is 10.5. The molecule has 5 nitrogen and oxygen atoms in total. The van der Waals surface area contributed by atoms with E-state index >= 15 is 0 Å². The van der Waals surface area contributed by atoms with Gasteiger partial charge < -0.3 is 15.5 Å². The van der Waals surface area contributed by atoms with Crippen molar-refractivity contribution in [3.05, 3.63) is 71.3 Å². The summed E-state index contributed by atoms with van der Waals surface area (Å²) >= 11 is 0. The topological polar surface area (TPSA) is 56.7 Å². The van der Waals surface area contributed by atoms with Crippen LogP contribution < -0.4 is 10.6 Å². The molecule has 0 bridgehead atoms. The van der Waals surface area contributed by atoms with Crippen molar-refractivity contribution in [2.45, 2.75) is 44.2 Å². The summed E-state index contributed by atoms with van der Waals surface area (Å²) < 4.78 is 0. The van der Waals surface area contributed by atoms with Crippen molar-refractivity contribution < 1.29 is 4.79 Å². The van der Waals surface area contributed by atoms with Gasteiger partial charge in [-0.1, -0.05) is 54.6 Å². The van der Waals surface area contributed by atoms with Crippen LogP contribution in [0.25, 0.3) is 0 Å². The predicted octanol–water partition coefficient (Wildman–Crippen LogP) is 3.82. The molecule has 0 radical (unpaired) electrons. The van der Waals surface area contributed by atoms with E-state index in [1.807, 2.05) is 18.0 Å². The maximum absolute atomic E-state index is 12.0. The third kappa shape index (κ3) is 5.33. The standard InChI is InChI=1S/C24H30N4O.HI/c1-25-23(27-18-24(13-14-24)21-10-3-2-4-11-21)26-16-19-8-5-6-9-20(19)17-28-15-7-12-22(28)29;/h2-6,8-11H,7,12-18H2,1H3,(H2,25,26,27);1H. The number of amides is 1. The molecule has 6 heteroatoms. The zero-order chi connectivity index (χ0) is 20.1. The van der Waals surface area contributed by atoms with Gasteiger partial charge in [0.2, 0.25) is 5.91 Å². The van der Waals surface area contributed by atoms with Crippen molar-refractivity contribution >= 4 is 35.8 Å². The summed E-state index contributed by atoms with van der Waals surface area (Å²) in [6.07, 6.45) is 4.08. The lowest BCUT2D eigenvalue weighted by molar-refractivity contribution is -0.128. The van der Waals surface area contributed by atoms with Crippen LogP contribution in [0, 0.1) is 0 Å². The second-order valence-corrected chi connectivity index (χ2v) is 8.11. The molecule has 1 aliphatic heterocycles. The summed E-state index contributed by atoms with van der Waals surface area (Å²) in [6, 6.07) is 19.1. The van der Waals surface area contributed by atoms with Crippen LogP contribution in [0.3, 0.4) is 0 Å². The zero-order valence-electron chi connectivity index (χ0n) is 17.6. The number of nitrogens with one attached hydrogen (secondary N) is 2. The molecule has 160 valence electrons. The number of halogens is 1. The highest BCUT2D eigenvalue weighted by molar-refractivity contribution is 14.0. The van der Waals surface area contributed by atoms with Crippen LogP contribution in [0.2, 0.25) is 0 Å². The maximum atomic E-state index is 12.0. The number of guanidine groups is 1. The summed E-state index contributed by atoms with van der Waals surface area (Å²) in [4.78, 5) is 18.3. The molecule has 2 aromatic carbocycles. The van der Waals surface area contributed by atoms with Gasteiger partial charge in [0.15, 0.2) is 5.96 Å². The van der Waals surface area contributed by atoms with Gasteiger partial charge in [-0.3, -0.25) is 9.79 Å². The highest BCUT2D eigenvalue weighted by Crippen LogP contribution is 2.47. The Morgan fingerprint density at radius 2 is 1.73 bits per heavy atom. The molecule has 0 aromatic heterocycles. The van der Waals surface area contributed by atoms with Crippen molar-refractivity contribution in [2.24, 2.45) is 4.99 Å². The molecular formula is C24H31IN4O. The minimum Gasteiger partial charge on any atom is -0.356 e. The average Bonchev–Trinajstić information content (AvgIpc) is 3.46. The Morgan fingerprint density at radius 1 is 1.03 bits per heavy atom. The minimum atomic E-state index is 0. The molecule has 0 unspecified atom stereocenters. The molecule has 30 heavy (non-hydrogen) atoms. The molecule has 2 N–H and O–H groups in total. The molecule has 4 rings (SSSR count). The first-order valence-electron chi connectivity index (χ1n) is 10.5. The highest BCUT2D eigenvalue weighted by Gasteiger charge is 2.44. The number of aliphatic imine (C=N–C) groups is 1. The smallest absolute Gasteiger partial charge is 0.222 e. The SMILES string of the molecule is CN=C(NCc1ccccc1CN1CCCC1=O)NCC1(c2ccccc2)CC1.I. The van der Waals surface area contributed by atoms with Crippen LogP contribution in [-0.2, 0) is 23.3 Å². The molecular weight excluding hydrogens is 487 g/mol. The number of carbonyl (C=O) groups excluding carboxylic acids is 1. The zero-order valence-corrected chi connectivity index (χ0v) is 19.9. The fourth-order valence-electron chi connectivity index (χ4n) is 4.12. The van der Waals surface area contributed by atoms with Crippen LogP contribution in [0.5, 0.6) is 0 Å². The fraction of sp³-hybridized carbons (Fsp3) is 0.417. The number of nitrogens with zero attached hydrogens (tertiary/aromatic N) is 2. The number of likely N-dealkylation sites (tertiary alicyclic amines) is 1. The Hall–Kier alpha value is -2.09. The summed E-state index contributed by atoms with van der Waals surface area (Å²) in [7, 11) is 1.81. The maximum Gasteiger partial charge on any atom is 0.222 e. The van der Waals surface area contributed by atoms with Crippen LogP contribution in [-0.4, -0.2) is 36.9 Å². The van der Waals surface area contributed by atoms with Gasteiger partial charge in [0.1, 0.15) is 0 Å². The Labute approximate surface area is 196 Å².